The predicted molar refractivity (Wildman–Crippen MR) is 105 cm³/mol. The molecule has 1 N–H and O–H groups in total. The molecule has 0 spiro atoms. The first-order valence-electron chi connectivity index (χ1n) is 10.5. The zero-order valence-corrected chi connectivity index (χ0v) is 16.2. The predicted octanol–water partition coefficient (Wildman–Crippen LogP) is 1.87. The molecule has 27 heavy (non-hydrogen) atoms. The van der Waals surface area contributed by atoms with Crippen molar-refractivity contribution in [2.75, 3.05) is 39.4 Å². The molecule has 0 aromatic heterocycles. The highest BCUT2D eigenvalue weighted by molar-refractivity contribution is 5.77. The number of aliphatic hydroxyl groups is 1. The van der Waals surface area contributed by atoms with E-state index >= 15 is 0 Å². The summed E-state index contributed by atoms with van der Waals surface area (Å²) in [4.78, 5) is 16.7. The van der Waals surface area contributed by atoms with Crippen LogP contribution < -0.4 is 0 Å². The van der Waals surface area contributed by atoms with Crippen LogP contribution in [0.4, 0.5) is 0 Å². The molecule has 1 aromatic carbocycles. The third-order valence-corrected chi connectivity index (χ3v) is 6.61. The Hall–Kier alpha value is -1.43. The maximum absolute atomic E-state index is 12.2. The lowest BCUT2D eigenvalue weighted by molar-refractivity contribution is -0.136. The molecular weight excluding hydrogens is 340 g/mol. The molecule has 1 aliphatic carbocycles. The molecule has 0 saturated carbocycles. The SMILES string of the molecule is O=C(CO)N(CC1CCN(C2Cc3ccccc3C2)CC1)CC1CCCO1. The van der Waals surface area contributed by atoms with Gasteiger partial charge in [0.15, 0.2) is 0 Å². The van der Waals surface area contributed by atoms with Gasteiger partial charge < -0.3 is 14.7 Å². The van der Waals surface area contributed by atoms with Gasteiger partial charge >= 0.3 is 0 Å². The molecule has 5 nitrogen and oxygen atoms in total. The van der Waals surface area contributed by atoms with Gasteiger partial charge in [0.2, 0.25) is 5.91 Å². The van der Waals surface area contributed by atoms with Crippen LogP contribution >= 0.6 is 0 Å². The van der Waals surface area contributed by atoms with Crippen LogP contribution in [0.15, 0.2) is 24.3 Å². The van der Waals surface area contributed by atoms with E-state index in [1.807, 2.05) is 4.90 Å². The van der Waals surface area contributed by atoms with Crippen LogP contribution in [-0.4, -0.2) is 72.4 Å². The summed E-state index contributed by atoms with van der Waals surface area (Å²) in [5, 5.41) is 9.34. The number of ether oxygens (including phenoxy) is 1. The Labute approximate surface area is 162 Å². The fraction of sp³-hybridized carbons (Fsp3) is 0.682. The summed E-state index contributed by atoms with van der Waals surface area (Å²) < 4.78 is 5.70. The number of amides is 1. The van der Waals surface area contributed by atoms with E-state index in [2.05, 4.69) is 29.2 Å². The van der Waals surface area contributed by atoms with E-state index in [1.165, 1.54) is 24.0 Å². The van der Waals surface area contributed by atoms with Gasteiger partial charge in [-0.2, -0.15) is 0 Å². The standard InChI is InChI=1S/C22H32N2O3/c25-16-22(26)24(15-21-6-3-11-27-21)14-17-7-9-23(10-8-17)20-12-18-4-1-2-5-19(18)13-20/h1-2,4-5,17,20-21,25H,3,6-16H2. The van der Waals surface area contributed by atoms with Gasteiger partial charge in [0, 0.05) is 25.7 Å². The van der Waals surface area contributed by atoms with Gasteiger partial charge in [0.05, 0.1) is 6.10 Å². The number of hydrogen-bond acceptors (Lipinski definition) is 4. The zero-order valence-electron chi connectivity index (χ0n) is 16.2. The Balaban J connectivity index is 1.27. The largest absolute Gasteiger partial charge is 0.387 e. The Morgan fingerprint density at radius 2 is 1.81 bits per heavy atom. The monoisotopic (exact) mass is 372 g/mol. The lowest BCUT2D eigenvalue weighted by atomic mass is 9.94. The first-order chi connectivity index (χ1) is 13.2. The molecule has 1 atom stereocenters. The summed E-state index contributed by atoms with van der Waals surface area (Å²) in [6, 6.07) is 9.48. The van der Waals surface area contributed by atoms with Crippen molar-refractivity contribution in [1.82, 2.24) is 9.80 Å². The van der Waals surface area contributed by atoms with E-state index in [0.29, 0.717) is 18.5 Å². The minimum Gasteiger partial charge on any atom is -0.387 e. The second-order valence-corrected chi connectivity index (χ2v) is 8.40. The molecule has 5 heteroatoms. The molecular formula is C22H32N2O3. The molecule has 2 fully saturated rings. The maximum Gasteiger partial charge on any atom is 0.248 e. The van der Waals surface area contributed by atoms with E-state index < -0.39 is 6.61 Å². The van der Waals surface area contributed by atoms with Crippen molar-refractivity contribution in [2.45, 2.75) is 50.7 Å². The van der Waals surface area contributed by atoms with Crippen LogP contribution in [0.2, 0.25) is 0 Å². The molecule has 1 unspecified atom stereocenters. The number of benzene rings is 1. The topological polar surface area (TPSA) is 53.0 Å². The highest BCUT2D eigenvalue weighted by atomic mass is 16.5. The minimum atomic E-state index is -0.397. The van der Waals surface area contributed by atoms with Crippen molar-refractivity contribution in [3.05, 3.63) is 35.4 Å². The number of aliphatic hydroxyl groups excluding tert-OH is 1. The molecule has 1 amide bonds. The molecule has 2 heterocycles. The van der Waals surface area contributed by atoms with Crippen LogP contribution in [-0.2, 0) is 22.4 Å². The lowest BCUT2D eigenvalue weighted by Crippen LogP contribution is -2.46. The summed E-state index contributed by atoms with van der Waals surface area (Å²) in [5.74, 6) is 0.376. The molecule has 0 radical (unpaired) electrons. The molecule has 2 saturated heterocycles. The van der Waals surface area contributed by atoms with Gasteiger partial charge in [-0.1, -0.05) is 24.3 Å². The number of hydrogen-bond donors (Lipinski definition) is 1. The average molecular weight is 373 g/mol. The third kappa shape index (κ3) is 4.53. The van der Waals surface area contributed by atoms with E-state index in [-0.39, 0.29) is 12.0 Å². The Morgan fingerprint density at radius 3 is 2.41 bits per heavy atom. The van der Waals surface area contributed by atoms with Gasteiger partial charge in [-0.25, -0.2) is 0 Å². The van der Waals surface area contributed by atoms with E-state index in [1.54, 1.807) is 0 Å². The van der Waals surface area contributed by atoms with Gasteiger partial charge in [-0.05, 0) is 68.7 Å². The van der Waals surface area contributed by atoms with E-state index in [9.17, 15) is 9.90 Å². The number of nitrogens with zero attached hydrogens (tertiary/aromatic N) is 2. The van der Waals surface area contributed by atoms with Crippen LogP contribution in [0.3, 0.4) is 0 Å². The third-order valence-electron chi connectivity index (χ3n) is 6.61. The smallest absolute Gasteiger partial charge is 0.248 e. The summed E-state index contributed by atoms with van der Waals surface area (Å²) in [6.07, 6.45) is 6.87. The number of likely N-dealkylation sites (tertiary alicyclic amines) is 1. The zero-order chi connectivity index (χ0) is 18.6. The van der Waals surface area contributed by atoms with Crippen LogP contribution in [0.5, 0.6) is 0 Å². The van der Waals surface area contributed by atoms with Crippen molar-refractivity contribution in [2.24, 2.45) is 5.92 Å². The molecule has 148 valence electrons. The number of piperidine rings is 1. The number of carbonyl (C=O) groups is 1. The van der Waals surface area contributed by atoms with Gasteiger partial charge in [0.1, 0.15) is 6.61 Å². The second kappa shape index (κ2) is 8.72. The van der Waals surface area contributed by atoms with Crippen LogP contribution in [0.25, 0.3) is 0 Å². The van der Waals surface area contributed by atoms with Gasteiger partial charge in [-0.3, -0.25) is 9.69 Å². The Bertz CT molecular complexity index is 611. The summed E-state index contributed by atoms with van der Waals surface area (Å²) in [7, 11) is 0. The van der Waals surface area contributed by atoms with Crippen molar-refractivity contribution >= 4 is 5.91 Å². The van der Waals surface area contributed by atoms with E-state index in [0.717, 1.165) is 51.9 Å². The lowest BCUT2D eigenvalue weighted by Gasteiger charge is -2.38. The molecule has 1 aromatic rings. The normalized spacial score (nSPS) is 24.3. The quantitative estimate of drug-likeness (QED) is 0.828. The highest BCUT2D eigenvalue weighted by Crippen LogP contribution is 2.29. The summed E-state index contributed by atoms with van der Waals surface area (Å²) >= 11 is 0. The summed E-state index contributed by atoms with van der Waals surface area (Å²) in [5.41, 5.74) is 3.03. The van der Waals surface area contributed by atoms with Gasteiger partial charge in [0.25, 0.3) is 0 Å². The van der Waals surface area contributed by atoms with Crippen molar-refractivity contribution in [3.8, 4) is 0 Å². The first kappa shape index (κ1) is 18.9. The molecule has 0 bridgehead atoms. The Kier molecular flexibility index (Phi) is 6.11. The van der Waals surface area contributed by atoms with Gasteiger partial charge in [-0.15, -0.1) is 0 Å². The number of rotatable bonds is 6. The molecule has 3 aliphatic rings. The minimum absolute atomic E-state index is 0.151. The maximum atomic E-state index is 12.2. The van der Waals surface area contributed by atoms with Crippen LogP contribution in [0, 0.1) is 5.92 Å². The fourth-order valence-electron chi connectivity index (χ4n) is 5.02. The highest BCUT2D eigenvalue weighted by Gasteiger charge is 2.31. The van der Waals surface area contributed by atoms with Crippen molar-refractivity contribution < 1.29 is 14.6 Å². The number of fused-ring (bicyclic) bond motifs is 1. The average Bonchev–Trinajstić information content (AvgIpc) is 3.37. The second-order valence-electron chi connectivity index (χ2n) is 8.40. The first-order valence-corrected chi connectivity index (χ1v) is 10.5. The molecule has 2 aliphatic heterocycles. The molecule has 4 rings (SSSR count). The summed E-state index contributed by atoms with van der Waals surface area (Å²) in [6.45, 7) is 4.03. The van der Waals surface area contributed by atoms with Crippen molar-refractivity contribution in [1.29, 1.82) is 0 Å². The number of carbonyl (C=O) groups excluding carboxylic acids is 1. The van der Waals surface area contributed by atoms with Crippen molar-refractivity contribution in [3.63, 3.8) is 0 Å². The fourth-order valence-corrected chi connectivity index (χ4v) is 5.02. The Morgan fingerprint density at radius 1 is 1.11 bits per heavy atom. The van der Waals surface area contributed by atoms with E-state index in [4.69, 9.17) is 4.74 Å². The van der Waals surface area contributed by atoms with Crippen LogP contribution in [0.1, 0.15) is 36.8 Å².